The van der Waals surface area contributed by atoms with E-state index in [-0.39, 0.29) is 23.5 Å². The van der Waals surface area contributed by atoms with E-state index in [4.69, 9.17) is 4.74 Å². The van der Waals surface area contributed by atoms with E-state index in [2.05, 4.69) is 15.2 Å². The Bertz CT molecular complexity index is 780. The first-order valence-corrected chi connectivity index (χ1v) is 8.73. The summed E-state index contributed by atoms with van der Waals surface area (Å²) in [5.41, 5.74) is 1.78. The molecule has 3 rings (SSSR count). The Morgan fingerprint density at radius 3 is 2.78 bits per heavy atom. The second-order valence-corrected chi connectivity index (χ2v) is 6.27. The highest BCUT2D eigenvalue weighted by atomic mass is 19.3. The zero-order chi connectivity index (χ0) is 19.2. The molecule has 0 saturated carbocycles. The van der Waals surface area contributed by atoms with Crippen LogP contribution in [-0.4, -0.2) is 48.2 Å². The number of hydrogen-bond acceptors (Lipinski definition) is 5. The number of halogens is 2. The third-order valence-corrected chi connectivity index (χ3v) is 4.31. The normalized spacial score (nSPS) is 15.0. The van der Waals surface area contributed by atoms with Crippen molar-refractivity contribution in [1.82, 2.24) is 4.98 Å². The molecule has 0 aliphatic carbocycles. The lowest BCUT2D eigenvalue weighted by atomic mass is 10.1. The molecular formula is C19H21F2N3O3. The summed E-state index contributed by atoms with van der Waals surface area (Å²) in [7, 11) is 0. The monoisotopic (exact) mass is 377 g/mol. The summed E-state index contributed by atoms with van der Waals surface area (Å²) in [5.74, 6) is -0.412. The van der Waals surface area contributed by atoms with Crippen LogP contribution in [0.15, 0.2) is 42.6 Å². The van der Waals surface area contributed by atoms with Crippen LogP contribution in [0, 0.1) is 0 Å². The van der Waals surface area contributed by atoms with E-state index >= 15 is 0 Å². The highest BCUT2D eigenvalue weighted by Gasteiger charge is 2.20. The summed E-state index contributed by atoms with van der Waals surface area (Å²) in [4.78, 5) is 18.5. The van der Waals surface area contributed by atoms with Crippen LogP contribution in [0.4, 0.5) is 20.2 Å². The van der Waals surface area contributed by atoms with Gasteiger partial charge in [-0.3, -0.25) is 4.79 Å². The number of amides is 1. The minimum absolute atomic E-state index is 0.0266. The molecule has 1 amide bonds. The lowest BCUT2D eigenvalue weighted by Crippen LogP contribution is -2.36. The number of piperidine rings is 1. The first-order valence-electron chi connectivity index (χ1n) is 8.73. The number of nitrogens with zero attached hydrogens (tertiary/aromatic N) is 2. The molecule has 1 aliphatic heterocycles. The van der Waals surface area contributed by atoms with E-state index in [0.717, 1.165) is 5.69 Å². The van der Waals surface area contributed by atoms with E-state index < -0.39 is 13.0 Å². The van der Waals surface area contributed by atoms with Gasteiger partial charge in [-0.1, -0.05) is 12.1 Å². The van der Waals surface area contributed by atoms with Crippen LogP contribution in [0.1, 0.15) is 23.2 Å². The van der Waals surface area contributed by atoms with Gasteiger partial charge in [-0.2, -0.15) is 0 Å². The van der Waals surface area contributed by atoms with Gasteiger partial charge in [0.2, 0.25) is 5.88 Å². The van der Waals surface area contributed by atoms with Gasteiger partial charge in [0, 0.05) is 30.9 Å². The summed E-state index contributed by atoms with van der Waals surface area (Å²) in [6.45, 7) is 0.631. The number of ether oxygens (including phenoxy) is 1. The Hall–Kier alpha value is -2.74. The van der Waals surface area contributed by atoms with Gasteiger partial charge in [0.05, 0.1) is 17.5 Å². The van der Waals surface area contributed by atoms with Crippen molar-refractivity contribution in [2.24, 2.45) is 0 Å². The number of anilines is 2. The molecule has 2 N–H and O–H groups in total. The molecule has 0 unspecified atom stereocenters. The largest absolute Gasteiger partial charge is 0.472 e. The summed E-state index contributed by atoms with van der Waals surface area (Å²) in [6.07, 6.45) is -0.200. The van der Waals surface area contributed by atoms with E-state index in [1.54, 1.807) is 6.07 Å². The number of aliphatic hydroxyl groups is 1. The van der Waals surface area contributed by atoms with Gasteiger partial charge < -0.3 is 20.1 Å². The van der Waals surface area contributed by atoms with Crippen LogP contribution >= 0.6 is 0 Å². The van der Waals surface area contributed by atoms with Gasteiger partial charge in [0.15, 0.2) is 6.61 Å². The topological polar surface area (TPSA) is 74.7 Å². The van der Waals surface area contributed by atoms with E-state index in [9.17, 15) is 18.7 Å². The molecule has 1 saturated heterocycles. The van der Waals surface area contributed by atoms with Crippen LogP contribution in [0.5, 0.6) is 5.88 Å². The fraction of sp³-hybridized carbons (Fsp3) is 0.368. The minimum atomic E-state index is -2.61. The predicted octanol–water partition coefficient (Wildman–Crippen LogP) is 2.94. The van der Waals surface area contributed by atoms with Crippen LogP contribution in [0.2, 0.25) is 0 Å². The zero-order valence-electron chi connectivity index (χ0n) is 14.6. The molecule has 0 atom stereocenters. The molecule has 2 aromatic rings. The van der Waals surface area contributed by atoms with Crippen molar-refractivity contribution in [1.29, 1.82) is 0 Å². The summed E-state index contributed by atoms with van der Waals surface area (Å²) < 4.78 is 29.4. The molecule has 1 aromatic carbocycles. The maximum atomic E-state index is 12.6. The standard InChI is InChI=1S/C19H21F2N3O3/c20-17(21)12-27-18-11-13(5-8-22-18)19(26)23-15-3-1-2-4-16(15)24-9-6-14(25)7-10-24/h1-5,8,11,14,17,25H,6-7,9-10,12H2,(H,23,26). The van der Waals surface area contributed by atoms with Crippen LogP contribution in [-0.2, 0) is 0 Å². The Labute approximate surface area is 155 Å². The third kappa shape index (κ3) is 5.13. The molecular weight excluding hydrogens is 356 g/mol. The Balaban J connectivity index is 1.72. The molecule has 0 spiro atoms. The van der Waals surface area contributed by atoms with E-state index in [1.807, 2.05) is 18.2 Å². The van der Waals surface area contributed by atoms with Crippen LogP contribution < -0.4 is 15.0 Å². The van der Waals surface area contributed by atoms with Crippen molar-refractivity contribution in [3.05, 3.63) is 48.2 Å². The van der Waals surface area contributed by atoms with Crippen molar-refractivity contribution in [2.75, 3.05) is 29.9 Å². The second-order valence-electron chi connectivity index (χ2n) is 6.27. The predicted molar refractivity (Wildman–Crippen MR) is 97.6 cm³/mol. The summed E-state index contributed by atoms with van der Waals surface area (Å²) in [5, 5.41) is 12.5. The Morgan fingerprint density at radius 1 is 1.30 bits per heavy atom. The molecule has 27 heavy (non-hydrogen) atoms. The number of hydrogen-bond donors (Lipinski definition) is 2. The van der Waals surface area contributed by atoms with Gasteiger partial charge in [0.25, 0.3) is 12.3 Å². The molecule has 0 bridgehead atoms. The highest BCUT2D eigenvalue weighted by Crippen LogP contribution is 2.29. The fourth-order valence-corrected chi connectivity index (χ4v) is 2.93. The number of para-hydroxylation sites is 2. The third-order valence-electron chi connectivity index (χ3n) is 4.31. The van der Waals surface area contributed by atoms with Crippen molar-refractivity contribution in [2.45, 2.75) is 25.4 Å². The summed E-state index contributed by atoms with van der Waals surface area (Å²) in [6, 6.07) is 10.2. The van der Waals surface area contributed by atoms with Crippen molar-refractivity contribution in [3.63, 3.8) is 0 Å². The molecule has 1 fully saturated rings. The van der Waals surface area contributed by atoms with Gasteiger partial charge in [-0.15, -0.1) is 0 Å². The Kier molecular flexibility index (Phi) is 6.18. The highest BCUT2D eigenvalue weighted by molar-refractivity contribution is 6.06. The maximum absolute atomic E-state index is 12.6. The fourth-order valence-electron chi connectivity index (χ4n) is 2.93. The SMILES string of the molecule is O=C(Nc1ccccc1N1CCC(O)CC1)c1ccnc(OCC(F)F)c1. The van der Waals surface area contributed by atoms with Gasteiger partial charge in [0.1, 0.15) is 0 Å². The number of alkyl halides is 2. The molecule has 6 nitrogen and oxygen atoms in total. The van der Waals surface area contributed by atoms with Gasteiger partial charge in [-0.25, -0.2) is 13.8 Å². The van der Waals surface area contributed by atoms with Gasteiger partial charge >= 0.3 is 0 Å². The first kappa shape index (κ1) is 19.0. The smallest absolute Gasteiger partial charge is 0.272 e. The second kappa shape index (κ2) is 8.77. The molecule has 0 radical (unpaired) electrons. The number of aromatic nitrogens is 1. The number of pyridine rings is 1. The van der Waals surface area contributed by atoms with Crippen molar-refractivity contribution in [3.8, 4) is 5.88 Å². The number of nitrogens with one attached hydrogen (secondary N) is 1. The molecule has 1 aliphatic rings. The minimum Gasteiger partial charge on any atom is -0.472 e. The molecule has 1 aromatic heterocycles. The number of carbonyl (C=O) groups is 1. The van der Waals surface area contributed by atoms with Crippen molar-refractivity contribution < 1.29 is 23.4 Å². The lowest BCUT2D eigenvalue weighted by molar-refractivity contribution is 0.0795. The van der Waals surface area contributed by atoms with E-state index in [1.165, 1.54) is 18.3 Å². The number of carbonyl (C=O) groups excluding carboxylic acids is 1. The number of rotatable bonds is 6. The van der Waals surface area contributed by atoms with E-state index in [0.29, 0.717) is 31.6 Å². The molecule has 2 heterocycles. The number of aliphatic hydroxyl groups excluding tert-OH is 1. The van der Waals surface area contributed by atoms with Gasteiger partial charge in [-0.05, 0) is 31.0 Å². The van der Waals surface area contributed by atoms with Crippen LogP contribution in [0.3, 0.4) is 0 Å². The average molecular weight is 377 g/mol. The summed E-state index contributed by atoms with van der Waals surface area (Å²) >= 11 is 0. The van der Waals surface area contributed by atoms with Crippen molar-refractivity contribution >= 4 is 17.3 Å². The first-order chi connectivity index (χ1) is 13.0. The Morgan fingerprint density at radius 2 is 2.04 bits per heavy atom. The zero-order valence-corrected chi connectivity index (χ0v) is 14.6. The average Bonchev–Trinajstić information content (AvgIpc) is 2.68. The molecule has 8 heteroatoms. The van der Waals surface area contributed by atoms with Crippen LogP contribution in [0.25, 0.3) is 0 Å². The number of benzene rings is 1. The molecule has 144 valence electrons. The maximum Gasteiger partial charge on any atom is 0.272 e. The quantitative estimate of drug-likeness (QED) is 0.810. The lowest BCUT2D eigenvalue weighted by Gasteiger charge is -2.32.